The lowest BCUT2D eigenvalue weighted by Crippen LogP contribution is -2.53. The van der Waals surface area contributed by atoms with E-state index in [-0.39, 0.29) is 29.4 Å². The molecule has 0 spiro atoms. The van der Waals surface area contributed by atoms with Crippen LogP contribution in [0.5, 0.6) is 0 Å². The van der Waals surface area contributed by atoms with Gasteiger partial charge in [0.05, 0.1) is 0 Å². The molecule has 0 aliphatic carbocycles. The third kappa shape index (κ3) is 5.76. The molecule has 5 heteroatoms. The summed E-state index contributed by atoms with van der Waals surface area (Å²) >= 11 is 0. The molecule has 1 fully saturated rings. The largest absolute Gasteiger partial charge is 0.352 e. The fraction of sp³-hybridized carbons (Fsp3) is 0.600. The summed E-state index contributed by atoms with van der Waals surface area (Å²) in [6.07, 6.45) is 2.72. The smallest absolute Gasteiger partial charge is 0.317 e. The lowest BCUT2D eigenvalue weighted by Gasteiger charge is -2.35. The van der Waals surface area contributed by atoms with Crippen LogP contribution in [0.15, 0.2) is 30.3 Å². The van der Waals surface area contributed by atoms with E-state index >= 15 is 0 Å². The maximum absolute atomic E-state index is 12.6. The summed E-state index contributed by atoms with van der Waals surface area (Å²) in [6, 6.07) is 10.5. The highest BCUT2D eigenvalue weighted by atomic mass is 16.2. The van der Waals surface area contributed by atoms with Crippen LogP contribution in [0.25, 0.3) is 0 Å². The second kappa shape index (κ2) is 8.37. The number of nitrogens with one attached hydrogen (secondary N) is 2. The van der Waals surface area contributed by atoms with Crippen LogP contribution in [-0.2, 0) is 10.2 Å². The quantitative estimate of drug-likeness (QED) is 0.861. The molecule has 3 amide bonds. The van der Waals surface area contributed by atoms with Gasteiger partial charge >= 0.3 is 6.03 Å². The zero-order valence-corrected chi connectivity index (χ0v) is 15.8. The number of carbonyl (C=O) groups is 2. The Hall–Kier alpha value is -2.04. The molecule has 2 unspecified atom stereocenters. The highest BCUT2D eigenvalue weighted by molar-refractivity contribution is 5.75. The zero-order chi connectivity index (χ0) is 18.4. The third-order valence-corrected chi connectivity index (χ3v) is 4.86. The monoisotopic (exact) mass is 345 g/mol. The van der Waals surface area contributed by atoms with E-state index in [4.69, 9.17) is 0 Å². The number of hydrogen-bond acceptors (Lipinski definition) is 2. The molecule has 2 atom stereocenters. The number of likely N-dealkylation sites (tertiary alicyclic amines) is 1. The Kier molecular flexibility index (Phi) is 6.45. The number of piperidine rings is 1. The van der Waals surface area contributed by atoms with Crippen molar-refractivity contribution in [1.29, 1.82) is 0 Å². The van der Waals surface area contributed by atoms with Crippen molar-refractivity contribution in [2.24, 2.45) is 0 Å². The molecule has 1 aromatic rings. The molecule has 0 aromatic heterocycles. The van der Waals surface area contributed by atoms with E-state index in [0.717, 1.165) is 25.8 Å². The van der Waals surface area contributed by atoms with Gasteiger partial charge in [-0.05, 0) is 37.2 Å². The lowest BCUT2D eigenvalue weighted by molar-refractivity contribution is -0.119. The van der Waals surface area contributed by atoms with Crippen molar-refractivity contribution in [1.82, 2.24) is 15.5 Å². The van der Waals surface area contributed by atoms with Gasteiger partial charge in [-0.1, -0.05) is 44.2 Å². The average molecular weight is 345 g/mol. The number of carbonyl (C=O) groups excluding carboxylic acids is 2. The summed E-state index contributed by atoms with van der Waals surface area (Å²) in [4.78, 5) is 25.6. The van der Waals surface area contributed by atoms with Crippen molar-refractivity contribution in [3.8, 4) is 0 Å². The third-order valence-electron chi connectivity index (χ3n) is 4.86. The zero-order valence-electron chi connectivity index (χ0n) is 15.8. The SMILES string of the molecule is CC(=O)NC1CCCN(C(=O)NC(C)CC(C)(C)c2ccccc2)C1. The Morgan fingerprint density at radius 1 is 1.28 bits per heavy atom. The second-order valence-corrected chi connectivity index (χ2v) is 7.79. The first-order valence-electron chi connectivity index (χ1n) is 9.16. The van der Waals surface area contributed by atoms with Crippen LogP contribution in [0.4, 0.5) is 4.79 Å². The Morgan fingerprint density at radius 2 is 1.96 bits per heavy atom. The van der Waals surface area contributed by atoms with Crippen molar-refractivity contribution >= 4 is 11.9 Å². The van der Waals surface area contributed by atoms with E-state index in [1.807, 2.05) is 11.0 Å². The molecule has 5 nitrogen and oxygen atoms in total. The van der Waals surface area contributed by atoms with Crippen LogP contribution >= 0.6 is 0 Å². The normalized spacial score (nSPS) is 19.2. The van der Waals surface area contributed by atoms with E-state index < -0.39 is 0 Å². The summed E-state index contributed by atoms with van der Waals surface area (Å²) < 4.78 is 0. The van der Waals surface area contributed by atoms with E-state index in [2.05, 4.69) is 55.7 Å². The number of amides is 3. The molecule has 0 bridgehead atoms. The van der Waals surface area contributed by atoms with E-state index in [9.17, 15) is 9.59 Å². The van der Waals surface area contributed by atoms with Gasteiger partial charge in [0.15, 0.2) is 0 Å². The standard InChI is InChI=1S/C20H31N3O2/c1-15(13-20(3,4)17-9-6-5-7-10-17)21-19(25)23-12-8-11-18(14-23)22-16(2)24/h5-7,9-10,15,18H,8,11-14H2,1-4H3,(H,21,25)(H,22,24). The van der Waals surface area contributed by atoms with Crippen molar-refractivity contribution < 1.29 is 9.59 Å². The highest BCUT2D eigenvalue weighted by Gasteiger charge is 2.27. The number of benzene rings is 1. The Morgan fingerprint density at radius 3 is 2.60 bits per heavy atom. The summed E-state index contributed by atoms with van der Waals surface area (Å²) in [5, 5.41) is 6.04. The minimum atomic E-state index is -0.0368. The Bertz CT molecular complexity index is 586. The van der Waals surface area contributed by atoms with Crippen LogP contribution in [-0.4, -0.2) is 42.0 Å². The molecular formula is C20H31N3O2. The van der Waals surface area contributed by atoms with E-state index in [0.29, 0.717) is 6.54 Å². The molecule has 0 radical (unpaired) electrons. The molecule has 2 N–H and O–H groups in total. The molecule has 1 heterocycles. The summed E-state index contributed by atoms with van der Waals surface area (Å²) in [6.45, 7) is 9.32. The molecule has 2 rings (SSSR count). The lowest BCUT2D eigenvalue weighted by atomic mass is 9.79. The highest BCUT2D eigenvalue weighted by Crippen LogP contribution is 2.28. The predicted octanol–water partition coefficient (Wildman–Crippen LogP) is 3.05. The number of rotatable bonds is 5. The van der Waals surface area contributed by atoms with Gasteiger partial charge in [-0.15, -0.1) is 0 Å². The maximum atomic E-state index is 12.6. The van der Waals surface area contributed by atoms with Crippen molar-refractivity contribution in [3.63, 3.8) is 0 Å². The Labute approximate surface area is 151 Å². The average Bonchev–Trinajstić information content (AvgIpc) is 2.54. The van der Waals surface area contributed by atoms with Crippen molar-refractivity contribution in [2.75, 3.05) is 13.1 Å². The Balaban J connectivity index is 1.88. The van der Waals surface area contributed by atoms with Gasteiger partial charge in [0.1, 0.15) is 0 Å². The van der Waals surface area contributed by atoms with Gasteiger partial charge in [-0.2, -0.15) is 0 Å². The van der Waals surface area contributed by atoms with Crippen molar-refractivity contribution in [3.05, 3.63) is 35.9 Å². The fourth-order valence-electron chi connectivity index (χ4n) is 3.69. The van der Waals surface area contributed by atoms with Crippen LogP contribution in [0.1, 0.15) is 52.5 Å². The number of urea groups is 1. The van der Waals surface area contributed by atoms with Gasteiger partial charge in [0, 0.05) is 32.1 Å². The molecule has 1 saturated heterocycles. The minimum Gasteiger partial charge on any atom is -0.352 e. The molecule has 0 saturated carbocycles. The van der Waals surface area contributed by atoms with E-state index in [1.54, 1.807) is 0 Å². The number of nitrogens with zero attached hydrogens (tertiary/aromatic N) is 1. The molecular weight excluding hydrogens is 314 g/mol. The minimum absolute atomic E-state index is 0.00538. The molecule has 25 heavy (non-hydrogen) atoms. The first kappa shape index (κ1) is 19.3. The first-order valence-corrected chi connectivity index (χ1v) is 9.16. The summed E-state index contributed by atoms with van der Waals surface area (Å²) in [5.41, 5.74) is 1.27. The van der Waals surface area contributed by atoms with Crippen molar-refractivity contribution in [2.45, 2.75) is 64.5 Å². The first-order chi connectivity index (χ1) is 11.8. The van der Waals surface area contributed by atoms with Gasteiger partial charge in [-0.3, -0.25) is 4.79 Å². The number of hydrogen-bond donors (Lipinski definition) is 2. The molecule has 1 aromatic carbocycles. The van der Waals surface area contributed by atoms with Crippen LogP contribution in [0.2, 0.25) is 0 Å². The van der Waals surface area contributed by atoms with Crippen LogP contribution in [0.3, 0.4) is 0 Å². The summed E-state index contributed by atoms with van der Waals surface area (Å²) in [5.74, 6) is -0.0368. The van der Waals surface area contributed by atoms with Gasteiger partial charge in [-0.25, -0.2) is 4.79 Å². The summed E-state index contributed by atoms with van der Waals surface area (Å²) in [7, 11) is 0. The van der Waals surface area contributed by atoms with Gasteiger partial charge in [0.2, 0.25) is 5.91 Å². The van der Waals surface area contributed by atoms with Crippen LogP contribution in [0, 0.1) is 0 Å². The fourth-order valence-corrected chi connectivity index (χ4v) is 3.69. The second-order valence-electron chi connectivity index (χ2n) is 7.79. The topological polar surface area (TPSA) is 61.4 Å². The van der Waals surface area contributed by atoms with Crippen LogP contribution < -0.4 is 10.6 Å². The predicted molar refractivity (Wildman–Crippen MR) is 100 cm³/mol. The molecule has 1 aliphatic rings. The van der Waals surface area contributed by atoms with Gasteiger partial charge < -0.3 is 15.5 Å². The molecule has 1 aliphatic heterocycles. The maximum Gasteiger partial charge on any atom is 0.317 e. The van der Waals surface area contributed by atoms with E-state index in [1.165, 1.54) is 12.5 Å². The molecule has 138 valence electrons. The van der Waals surface area contributed by atoms with Gasteiger partial charge in [0.25, 0.3) is 0 Å².